The van der Waals surface area contributed by atoms with Crippen LogP contribution in [-0.4, -0.2) is 33.7 Å². The molecule has 1 amide bonds. The van der Waals surface area contributed by atoms with Gasteiger partial charge in [-0.3, -0.25) is 4.79 Å². The normalized spacial score (nSPS) is 15.3. The molecular formula is C15H18N4O. The highest BCUT2D eigenvalue weighted by Gasteiger charge is 2.20. The number of nitrogen functional groups attached to an aromatic ring is 1. The summed E-state index contributed by atoms with van der Waals surface area (Å²) in [4.78, 5) is 14.2. The molecule has 1 aromatic heterocycles. The quantitative estimate of drug-likeness (QED) is 0.850. The molecule has 1 fully saturated rings. The van der Waals surface area contributed by atoms with Crippen LogP contribution in [0.15, 0.2) is 36.5 Å². The molecule has 5 heteroatoms. The maximum Gasteiger partial charge on any atom is 0.274 e. The highest BCUT2D eigenvalue weighted by atomic mass is 16.2. The lowest BCUT2D eigenvalue weighted by molar-refractivity contribution is 0.0718. The SMILES string of the molecule is Nc1ccc(-n2ccc(C(=O)N3CCCCC3)n2)cc1. The summed E-state index contributed by atoms with van der Waals surface area (Å²) in [5, 5.41) is 4.37. The van der Waals surface area contributed by atoms with Gasteiger partial charge in [0.1, 0.15) is 0 Å². The number of amides is 1. The van der Waals surface area contributed by atoms with Crippen molar-refractivity contribution in [1.82, 2.24) is 14.7 Å². The molecule has 1 aliphatic heterocycles. The van der Waals surface area contributed by atoms with E-state index in [0.717, 1.165) is 31.6 Å². The van der Waals surface area contributed by atoms with Crippen LogP contribution >= 0.6 is 0 Å². The number of anilines is 1. The molecule has 1 saturated heterocycles. The van der Waals surface area contributed by atoms with E-state index >= 15 is 0 Å². The van der Waals surface area contributed by atoms with E-state index in [1.54, 1.807) is 10.7 Å². The molecule has 2 aromatic rings. The number of hydrogen-bond donors (Lipinski definition) is 1. The summed E-state index contributed by atoms with van der Waals surface area (Å²) in [6.45, 7) is 1.68. The Morgan fingerprint density at radius 2 is 1.75 bits per heavy atom. The second kappa shape index (κ2) is 5.36. The van der Waals surface area contributed by atoms with Gasteiger partial charge >= 0.3 is 0 Å². The van der Waals surface area contributed by atoms with Crippen LogP contribution in [0.2, 0.25) is 0 Å². The first-order valence-electron chi connectivity index (χ1n) is 6.95. The Kier molecular flexibility index (Phi) is 3.41. The molecule has 0 saturated carbocycles. The largest absolute Gasteiger partial charge is 0.399 e. The Bertz CT molecular complexity index is 597. The third-order valence-corrected chi connectivity index (χ3v) is 3.61. The highest BCUT2D eigenvalue weighted by molar-refractivity contribution is 5.92. The molecule has 0 aliphatic carbocycles. The van der Waals surface area contributed by atoms with E-state index in [4.69, 9.17) is 5.73 Å². The molecule has 1 aromatic carbocycles. The lowest BCUT2D eigenvalue weighted by atomic mass is 10.1. The second-order valence-electron chi connectivity index (χ2n) is 5.09. The average molecular weight is 270 g/mol. The molecule has 0 spiro atoms. The molecule has 0 bridgehead atoms. The van der Waals surface area contributed by atoms with E-state index in [2.05, 4.69) is 5.10 Å². The van der Waals surface area contributed by atoms with E-state index in [9.17, 15) is 4.79 Å². The molecule has 5 nitrogen and oxygen atoms in total. The fourth-order valence-corrected chi connectivity index (χ4v) is 2.47. The lowest BCUT2D eigenvalue weighted by Gasteiger charge is -2.25. The van der Waals surface area contributed by atoms with Crippen molar-refractivity contribution in [2.75, 3.05) is 18.8 Å². The smallest absolute Gasteiger partial charge is 0.274 e. The van der Waals surface area contributed by atoms with Crippen molar-refractivity contribution < 1.29 is 4.79 Å². The second-order valence-corrected chi connectivity index (χ2v) is 5.09. The van der Waals surface area contributed by atoms with Crippen LogP contribution in [0.1, 0.15) is 29.8 Å². The third kappa shape index (κ3) is 2.52. The topological polar surface area (TPSA) is 64.2 Å². The van der Waals surface area contributed by atoms with Crippen molar-refractivity contribution >= 4 is 11.6 Å². The van der Waals surface area contributed by atoms with Gasteiger partial charge in [0.25, 0.3) is 5.91 Å². The zero-order chi connectivity index (χ0) is 13.9. The lowest BCUT2D eigenvalue weighted by Crippen LogP contribution is -2.35. The molecule has 0 radical (unpaired) electrons. The number of benzene rings is 1. The van der Waals surface area contributed by atoms with Crippen LogP contribution in [-0.2, 0) is 0 Å². The maximum atomic E-state index is 12.3. The van der Waals surface area contributed by atoms with Crippen molar-refractivity contribution in [1.29, 1.82) is 0 Å². The number of aromatic nitrogens is 2. The van der Waals surface area contributed by atoms with Crippen LogP contribution in [0.5, 0.6) is 0 Å². The van der Waals surface area contributed by atoms with Crippen LogP contribution in [0.3, 0.4) is 0 Å². The number of hydrogen-bond acceptors (Lipinski definition) is 3. The van der Waals surface area contributed by atoms with Gasteiger partial charge in [-0.1, -0.05) is 0 Å². The van der Waals surface area contributed by atoms with Gasteiger partial charge in [-0.05, 0) is 49.6 Å². The van der Waals surface area contributed by atoms with E-state index in [1.165, 1.54) is 6.42 Å². The van der Waals surface area contributed by atoms with Gasteiger partial charge in [0.2, 0.25) is 0 Å². The van der Waals surface area contributed by atoms with Crippen molar-refractivity contribution in [3.05, 3.63) is 42.2 Å². The van der Waals surface area contributed by atoms with Crippen LogP contribution in [0, 0.1) is 0 Å². The summed E-state index contributed by atoms with van der Waals surface area (Å²) in [5.74, 6) is 0.0268. The number of likely N-dealkylation sites (tertiary alicyclic amines) is 1. The highest BCUT2D eigenvalue weighted by Crippen LogP contribution is 2.14. The fourth-order valence-electron chi connectivity index (χ4n) is 2.47. The van der Waals surface area contributed by atoms with E-state index in [1.807, 2.05) is 35.4 Å². The van der Waals surface area contributed by atoms with Crippen molar-refractivity contribution in [3.8, 4) is 5.69 Å². The monoisotopic (exact) mass is 270 g/mol. The van der Waals surface area contributed by atoms with Gasteiger partial charge < -0.3 is 10.6 Å². The van der Waals surface area contributed by atoms with Gasteiger partial charge in [-0.15, -0.1) is 0 Å². The van der Waals surface area contributed by atoms with E-state index in [-0.39, 0.29) is 5.91 Å². The Morgan fingerprint density at radius 1 is 1.05 bits per heavy atom. The first-order valence-corrected chi connectivity index (χ1v) is 6.95. The molecule has 3 rings (SSSR count). The van der Waals surface area contributed by atoms with Gasteiger partial charge in [0, 0.05) is 25.0 Å². The van der Waals surface area contributed by atoms with Gasteiger partial charge in [0.05, 0.1) is 5.69 Å². The summed E-state index contributed by atoms with van der Waals surface area (Å²) < 4.78 is 1.70. The number of piperidine rings is 1. The van der Waals surface area contributed by atoms with Gasteiger partial charge in [0.15, 0.2) is 5.69 Å². The molecule has 1 aliphatic rings. The van der Waals surface area contributed by atoms with Gasteiger partial charge in [-0.25, -0.2) is 4.68 Å². The third-order valence-electron chi connectivity index (χ3n) is 3.61. The molecule has 20 heavy (non-hydrogen) atoms. The Balaban J connectivity index is 1.79. The Hall–Kier alpha value is -2.30. The van der Waals surface area contributed by atoms with Crippen molar-refractivity contribution in [3.63, 3.8) is 0 Å². The number of nitrogens with two attached hydrogens (primary N) is 1. The fraction of sp³-hybridized carbons (Fsp3) is 0.333. The zero-order valence-electron chi connectivity index (χ0n) is 11.3. The van der Waals surface area contributed by atoms with Crippen LogP contribution < -0.4 is 5.73 Å². The first kappa shape index (κ1) is 12.7. The molecule has 2 N–H and O–H groups in total. The minimum Gasteiger partial charge on any atom is -0.399 e. The van der Waals surface area contributed by atoms with Crippen molar-refractivity contribution in [2.45, 2.75) is 19.3 Å². The van der Waals surface area contributed by atoms with Gasteiger partial charge in [-0.2, -0.15) is 5.10 Å². The number of nitrogens with zero attached hydrogens (tertiary/aromatic N) is 3. The number of carbonyl (C=O) groups excluding carboxylic acids is 1. The summed E-state index contributed by atoms with van der Waals surface area (Å²) in [6, 6.07) is 9.19. The standard InChI is InChI=1S/C15H18N4O/c16-12-4-6-13(7-5-12)19-11-8-14(17-19)15(20)18-9-2-1-3-10-18/h4-8,11H,1-3,9-10,16H2. The number of rotatable bonds is 2. The zero-order valence-corrected chi connectivity index (χ0v) is 11.3. The predicted molar refractivity (Wildman–Crippen MR) is 77.7 cm³/mol. The molecule has 2 heterocycles. The minimum absolute atomic E-state index is 0.0268. The first-order chi connectivity index (χ1) is 9.74. The summed E-state index contributed by atoms with van der Waals surface area (Å²) >= 11 is 0. The summed E-state index contributed by atoms with van der Waals surface area (Å²) in [5.41, 5.74) is 7.78. The molecule has 104 valence electrons. The minimum atomic E-state index is 0.0268. The molecular weight excluding hydrogens is 252 g/mol. The van der Waals surface area contributed by atoms with Crippen LogP contribution in [0.25, 0.3) is 5.69 Å². The van der Waals surface area contributed by atoms with Crippen LogP contribution in [0.4, 0.5) is 5.69 Å². The Morgan fingerprint density at radius 3 is 2.45 bits per heavy atom. The van der Waals surface area contributed by atoms with E-state index < -0.39 is 0 Å². The molecule has 0 unspecified atom stereocenters. The Labute approximate surface area is 118 Å². The van der Waals surface area contributed by atoms with E-state index in [0.29, 0.717) is 11.4 Å². The summed E-state index contributed by atoms with van der Waals surface area (Å²) in [7, 11) is 0. The average Bonchev–Trinajstić information content (AvgIpc) is 2.98. The predicted octanol–water partition coefficient (Wildman–Crippen LogP) is 2.08. The molecule has 0 atom stereocenters. The van der Waals surface area contributed by atoms with Crippen molar-refractivity contribution in [2.24, 2.45) is 0 Å². The maximum absolute atomic E-state index is 12.3. The number of carbonyl (C=O) groups is 1. The summed E-state index contributed by atoms with van der Waals surface area (Å²) in [6.07, 6.45) is 5.20.